The normalized spacial score (nSPS) is 14.0. The van der Waals surface area contributed by atoms with Gasteiger partial charge in [-0.2, -0.15) is 0 Å². The number of Topliss-reactive ketones (excluding diaryl/α,β-unsaturated/α-hetero) is 3. The summed E-state index contributed by atoms with van der Waals surface area (Å²) >= 11 is 0. The number of nitrogens with two attached hydrogens (primary N) is 4. The first kappa shape index (κ1) is 47.9. The number of nitrogens with one attached hydrogen (secondary N) is 7. The average molecular weight is 811 g/mol. The standard InChI is InChI=1S/C37H58N14O7/c1-20(2)29(34(57)47-26(31(54)23(5)52)13-9-15-43-36(38)39)49-32(55)27(14-10-16-44-37(40)41)48-33(56)28(17-25-18-42-19-45-25)51-50-22(4)30(53)35(58)46-21(3)24-11-7-6-8-12-24/h6-8,11-12,18-22,26-29,50-51H,9-10,13-17H2,1-5H3,(H,42,45)(H,46,58)(H,47,57)(H,48,56)(H,49,55)(H4,38,39,43)(H4,40,41,44)/t21-,22-,26-,27-,28-,29-/m0/s1. The summed E-state index contributed by atoms with van der Waals surface area (Å²) in [6, 6.07) is 2.79. The lowest BCUT2D eigenvalue weighted by atomic mass is 9.99. The second-order valence-corrected chi connectivity index (χ2v) is 14.0. The maximum atomic E-state index is 13.9. The molecule has 0 aliphatic heterocycles. The lowest BCUT2D eigenvalue weighted by Gasteiger charge is -2.28. The molecule has 1 aromatic heterocycles. The number of ketones is 3. The number of imidazole rings is 1. The van der Waals surface area contributed by atoms with Crippen LogP contribution in [0.1, 0.15) is 77.6 Å². The Morgan fingerprint density at radius 3 is 1.81 bits per heavy atom. The van der Waals surface area contributed by atoms with Gasteiger partial charge in [0.05, 0.1) is 24.5 Å². The highest BCUT2D eigenvalue weighted by molar-refractivity contribution is 6.38. The third-order valence-electron chi connectivity index (χ3n) is 8.78. The van der Waals surface area contributed by atoms with Crippen LogP contribution in [0.4, 0.5) is 0 Å². The third-order valence-corrected chi connectivity index (χ3v) is 8.78. The quantitative estimate of drug-likeness (QED) is 0.0156. The Hall–Kier alpha value is -6.22. The number of amides is 4. The van der Waals surface area contributed by atoms with E-state index in [1.54, 1.807) is 20.8 Å². The molecule has 2 rings (SSSR count). The van der Waals surface area contributed by atoms with Crippen molar-refractivity contribution in [2.45, 2.75) is 103 Å². The van der Waals surface area contributed by atoms with E-state index in [0.29, 0.717) is 5.69 Å². The number of carbonyl (C=O) groups is 7. The number of H-pyrrole nitrogens is 1. The fourth-order valence-corrected chi connectivity index (χ4v) is 5.52. The number of guanidine groups is 2. The number of hydrogen-bond acceptors (Lipinski definition) is 12. The molecule has 6 atom stereocenters. The van der Waals surface area contributed by atoms with E-state index in [2.05, 4.69) is 52.1 Å². The molecule has 1 aromatic carbocycles. The molecule has 4 amide bonds. The van der Waals surface area contributed by atoms with Crippen molar-refractivity contribution in [2.75, 3.05) is 13.1 Å². The van der Waals surface area contributed by atoms with E-state index >= 15 is 0 Å². The second kappa shape index (κ2) is 24.4. The van der Waals surface area contributed by atoms with E-state index in [9.17, 15) is 33.6 Å². The van der Waals surface area contributed by atoms with Gasteiger partial charge in [-0.1, -0.05) is 44.2 Å². The zero-order valence-corrected chi connectivity index (χ0v) is 33.5. The lowest BCUT2D eigenvalue weighted by molar-refractivity contribution is -0.139. The molecule has 21 heteroatoms. The van der Waals surface area contributed by atoms with E-state index in [-0.39, 0.29) is 57.1 Å². The van der Waals surface area contributed by atoms with E-state index < -0.39 is 83.1 Å². The van der Waals surface area contributed by atoms with Crippen molar-refractivity contribution >= 4 is 52.9 Å². The maximum Gasteiger partial charge on any atom is 0.289 e. The molecule has 21 nitrogen and oxygen atoms in total. The Morgan fingerprint density at radius 1 is 0.707 bits per heavy atom. The summed E-state index contributed by atoms with van der Waals surface area (Å²) in [4.78, 5) is 107. The maximum absolute atomic E-state index is 13.9. The van der Waals surface area contributed by atoms with Crippen LogP contribution in [0, 0.1) is 5.92 Å². The molecule has 0 bridgehead atoms. The largest absolute Gasteiger partial charge is 0.370 e. The SMILES string of the molecule is CC(=O)C(=O)[C@H](CCCN=C(N)N)NC(=O)[C@@H](NC(=O)[C@H](CCCN=C(N)N)NC(=O)[C@H](Cc1cnc[nH]1)NN[C@@H](C)C(=O)C(=O)N[C@@H](C)c1ccccc1)C(C)C. The highest BCUT2D eigenvalue weighted by atomic mass is 16.2. The first-order valence-corrected chi connectivity index (χ1v) is 18.9. The summed E-state index contributed by atoms with van der Waals surface area (Å²) in [6.07, 6.45) is 3.48. The smallest absolute Gasteiger partial charge is 0.289 e. The second-order valence-electron chi connectivity index (χ2n) is 14.0. The predicted molar refractivity (Wildman–Crippen MR) is 216 cm³/mol. The van der Waals surface area contributed by atoms with Gasteiger partial charge in [-0.05, 0) is 51.0 Å². The summed E-state index contributed by atoms with van der Waals surface area (Å²) in [5, 5.41) is 10.6. The third kappa shape index (κ3) is 16.9. The van der Waals surface area contributed by atoms with Crippen molar-refractivity contribution in [2.24, 2.45) is 38.8 Å². The predicted octanol–water partition coefficient (Wildman–Crippen LogP) is -2.37. The van der Waals surface area contributed by atoms with E-state index in [1.807, 2.05) is 30.3 Å². The Bertz CT molecular complexity index is 1740. The molecule has 2 aromatic rings. The van der Waals surface area contributed by atoms with Crippen molar-refractivity contribution in [1.29, 1.82) is 0 Å². The van der Waals surface area contributed by atoms with Crippen LogP contribution in [0.2, 0.25) is 0 Å². The monoisotopic (exact) mass is 810 g/mol. The van der Waals surface area contributed by atoms with Crippen molar-refractivity contribution in [3.05, 3.63) is 54.1 Å². The van der Waals surface area contributed by atoms with Gasteiger partial charge in [-0.3, -0.25) is 43.5 Å². The summed E-state index contributed by atoms with van der Waals surface area (Å²) in [7, 11) is 0. The van der Waals surface area contributed by atoms with Gasteiger partial charge in [0.2, 0.25) is 29.3 Å². The molecular weight excluding hydrogens is 752 g/mol. The molecule has 0 radical (unpaired) electrons. The number of carbonyl (C=O) groups excluding carboxylic acids is 7. The van der Waals surface area contributed by atoms with Crippen molar-refractivity contribution in [3.63, 3.8) is 0 Å². The van der Waals surface area contributed by atoms with Gasteiger partial charge < -0.3 is 49.2 Å². The van der Waals surface area contributed by atoms with Crippen molar-refractivity contribution < 1.29 is 33.6 Å². The molecule has 0 aliphatic rings. The number of hydrazine groups is 1. The van der Waals surface area contributed by atoms with Gasteiger partial charge in [0.1, 0.15) is 18.1 Å². The number of aromatic amines is 1. The Balaban J connectivity index is 2.26. The molecule has 0 saturated heterocycles. The van der Waals surface area contributed by atoms with Gasteiger partial charge in [0.25, 0.3) is 5.91 Å². The molecule has 318 valence electrons. The van der Waals surface area contributed by atoms with Crippen LogP contribution in [-0.4, -0.2) is 106 Å². The number of aromatic nitrogens is 2. The molecule has 0 saturated carbocycles. The van der Waals surface area contributed by atoms with Crippen LogP contribution >= 0.6 is 0 Å². The minimum atomic E-state index is -1.24. The molecule has 58 heavy (non-hydrogen) atoms. The topological polar surface area (TPSA) is 349 Å². The van der Waals surface area contributed by atoms with Gasteiger partial charge in [-0.15, -0.1) is 0 Å². The molecule has 0 fully saturated rings. The first-order valence-electron chi connectivity index (χ1n) is 18.9. The fraction of sp³-hybridized carbons (Fsp3) is 0.514. The van der Waals surface area contributed by atoms with Crippen LogP contribution < -0.4 is 55.1 Å². The van der Waals surface area contributed by atoms with Crippen LogP contribution in [-0.2, 0) is 40.0 Å². The summed E-state index contributed by atoms with van der Waals surface area (Å²) < 4.78 is 0. The number of nitrogens with zero attached hydrogens (tertiary/aromatic N) is 3. The number of benzene rings is 1. The summed E-state index contributed by atoms with van der Waals surface area (Å²) in [5.41, 5.74) is 28.5. The van der Waals surface area contributed by atoms with E-state index in [0.717, 1.165) is 12.5 Å². The Labute approximate surface area is 337 Å². The fourth-order valence-electron chi connectivity index (χ4n) is 5.52. The lowest BCUT2D eigenvalue weighted by Crippen LogP contribution is -2.60. The molecule has 1 heterocycles. The first-order chi connectivity index (χ1) is 27.4. The summed E-state index contributed by atoms with van der Waals surface area (Å²) in [6.45, 7) is 7.87. The van der Waals surface area contributed by atoms with Gasteiger partial charge in [0.15, 0.2) is 17.7 Å². The van der Waals surface area contributed by atoms with Crippen LogP contribution in [0.5, 0.6) is 0 Å². The van der Waals surface area contributed by atoms with Crippen LogP contribution in [0.15, 0.2) is 52.8 Å². The van der Waals surface area contributed by atoms with Crippen molar-refractivity contribution in [1.82, 2.24) is 42.1 Å². The zero-order chi connectivity index (χ0) is 43.4. The van der Waals surface area contributed by atoms with Gasteiger partial charge in [0, 0.05) is 38.3 Å². The number of rotatable bonds is 26. The van der Waals surface area contributed by atoms with Gasteiger partial charge >= 0.3 is 0 Å². The molecule has 15 N–H and O–H groups in total. The van der Waals surface area contributed by atoms with Crippen LogP contribution in [0.3, 0.4) is 0 Å². The van der Waals surface area contributed by atoms with Crippen LogP contribution in [0.25, 0.3) is 0 Å². The number of hydrogen-bond donors (Lipinski definition) is 11. The molecular formula is C37H58N14O7. The summed E-state index contributed by atoms with van der Waals surface area (Å²) in [5.74, 6) is -6.24. The minimum absolute atomic E-state index is 0.00506. The highest BCUT2D eigenvalue weighted by Crippen LogP contribution is 2.12. The molecule has 0 unspecified atom stereocenters. The van der Waals surface area contributed by atoms with Gasteiger partial charge in [-0.25, -0.2) is 15.8 Å². The molecule has 0 spiro atoms. The molecule has 0 aliphatic carbocycles. The highest BCUT2D eigenvalue weighted by Gasteiger charge is 2.33. The van der Waals surface area contributed by atoms with E-state index in [4.69, 9.17) is 22.9 Å². The number of aliphatic imine (C=N–C) groups is 2. The van der Waals surface area contributed by atoms with E-state index in [1.165, 1.54) is 19.4 Å². The Kier molecular flexibility index (Phi) is 20.2. The van der Waals surface area contributed by atoms with Crippen molar-refractivity contribution in [3.8, 4) is 0 Å². The minimum Gasteiger partial charge on any atom is -0.370 e. The Morgan fingerprint density at radius 2 is 1.28 bits per heavy atom. The average Bonchev–Trinajstić information content (AvgIpc) is 3.70. The zero-order valence-electron chi connectivity index (χ0n) is 33.5.